The number of carbonyl (C=O) groups is 1. The molecule has 0 amide bonds. The van der Waals surface area contributed by atoms with Gasteiger partial charge in [-0.05, 0) is 67.7 Å². The summed E-state index contributed by atoms with van der Waals surface area (Å²) in [6.07, 6.45) is 6.97. The number of aryl methyl sites for hydroxylation is 1. The molecule has 0 unspecified atom stereocenters. The number of esters is 1. The van der Waals surface area contributed by atoms with Gasteiger partial charge in [0.05, 0.1) is 13.2 Å². The molecule has 1 aromatic carbocycles. The molecule has 1 fully saturated rings. The molecule has 1 aliphatic heterocycles. The van der Waals surface area contributed by atoms with Crippen LogP contribution in [0, 0.1) is 12.8 Å². The van der Waals surface area contributed by atoms with E-state index in [-0.39, 0.29) is 36.2 Å². The Morgan fingerprint density at radius 1 is 1.31 bits per heavy atom. The van der Waals surface area contributed by atoms with Gasteiger partial charge in [-0.1, -0.05) is 0 Å². The summed E-state index contributed by atoms with van der Waals surface area (Å²) in [6, 6.07) is 8.97. The third-order valence-electron chi connectivity index (χ3n) is 5.78. The molecular formula is C26H25N3O6. The number of hydrogen-bond donors (Lipinski definition) is 3. The first-order valence-corrected chi connectivity index (χ1v) is 11.4. The predicted octanol–water partition coefficient (Wildman–Crippen LogP) is 4.63. The SMILES string of the molecule is Cc1cc(OCCO)ccc1Nc1oc(C=C2C=Nc3ncccc32)c(O)c1C(=O)OCC1CC1. The van der Waals surface area contributed by atoms with Crippen molar-refractivity contribution >= 4 is 41.2 Å². The van der Waals surface area contributed by atoms with Crippen LogP contribution in [0.15, 0.2) is 45.9 Å². The summed E-state index contributed by atoms with van der Waals surface area (Å²) in [4.78, 5) is 21.4. The molecule has 3 N–H and O–H groups in total. The van der Waals surface area contributed by atoms with Crippen LogP contribution in [-0.2, 0) is 4.74 Å². The quantitative estimate of drug-likeness (QED) is 0.383. The van der Waals surface area contributed by atoms with Crippen molar-refractivity contribution in [1.82, 2.24) is 4.98 Å². The Hall–Kier alpha value is -4.11. The molecule has 0 radical (unpaired) electrons. The van der Waals surface area contributed by atoms with Gasteiger partial charge in [0, 0.05) is 29.2 Å². The summed E-state index contributed by atoms with van der Waals surface area (Å²) in [7, 11) is 0. The summed E-state index contributed by atoms with van der Waals surface area (Å²) < 4.78 is 16.8. The predicted molar refractivity (Wildman–Crippen MR) is 131 cm³/mol. The Bertz CT molecular complexity index is 1320. The highest BCUT2D eigenvalue weighted by Crippen LogP contribution is 2.40. The average molecular weight is 476 g/mol. The van der Waals surface area contributed by atoms with Gasteiger partial charge >= 0.3 is 5.97 Å². The third-order valence-corrected chi connectivity index (χ3v) is 5.78. The molecule has 9 nitrogen and oxygen atoms in total. The standard InChI is InChI=1S/C26H25N3O6/c1-15-11-18(33-10-9-30)6-7-20(15)29-25-22(26(32)34-14-16-4-5-16)23(31)21(35-25)12-17-13-28-24-19(17)3-2-8-27-24/h2-3,6-8,11-13,16,29-31H,4-5,9-10,14H2,1H3. The fourth-order valence-electron chi connectivity index (χ4n) is 3.70. The number of benzene rings is 1. The van der Waals surface area contributed by atoms with Crippen LogP contribution in [0.3, 0.4) is 0 Å². The second-order valence-corrected chi connectivity index (χ2v) is 8.47. The highest BCUT2D eigenvalue weighted by atomic mass is 16.5. The van der Waals surface area contributed by atoms with Gasteiger partial charge in [0.1, 0.15) is 12.4 Å². The number of furan rings is 1. The fourth-order valence-corrected chi connectivity index (χ4v) is 3.70. The summed E-state index contributed by atoms with van der Waals surface area (Å²) >= 11 is 0. The van der Waals surface area contributed by atoms with Crippen LogP contribution >= 0.6 is 0 Å². The van der Waals surface area contributed by atoms with E-state index in [4.69, 9.17) is 19.0 Å². The molecule has 5 rings (SSSR count). The molecule has 3 heterocycles. The molecule has 0 atom stereocenters. The van der Waals surface area contributed by atoms with Gasteiger partial charge in [0.25, 0.3) is 0 Å². The Morgan fingerprint density at radius 3 is 2.94 bits per heavy atom. The van der Waals surface area contributed by atoms with Crippen LogP contribution in [-0.4, -0.2) is 47.2 Å². The van der Waals surface area contributed by atoms with E-state index < -0.39 is 5.97 Å². The van der Waals surface area contributed by atoms with Crippen LogP contribution in [0.1, 0.15) is 40.1 Å². The van der Waals surface area contributed by atoms with E-state index in [9.17, 15) is 9.90 Å². The average Bonchev–Trinajstić information content (AvgIpc) is 3.53. The lowest BCUT2D eigenvalue weighted by atomic mass is 10.1. The number of anilines is 2. The third kappa shape index (κ3) is 4.90. The molecule has 1 aliphatic carbocycles. The van der Waals surface area contributed by atoms with E-state index in [0.29, 0.717) is 35.4 Å². The van der Waals surface area contributed by atoms with Crippen LogP contribution in [0.4, 0.5) is 17.4 Å². The highest BCUT2D eigenvalue weighted by molar-refractivity contribution is 6.21. The lowest BCUT2D eigenvalue weighted by Crippen LogP contribution is -2.09. The van der Waals surface area contributed by atoms with Crippen molar-refractivity contribution in [2.45, 2.75) is 19.8 Å². The molecule has 0 bridgehead atoms. The van der Waals surface area contributed by atoms with Crippen LogP contribution in [0.25, 0.3) is 11.6 Å². The number of aliphatic imine (C=N–C) groups is 1. The van der Waals surface area contributed by atoms with Crippen molar-refractivity contribution in [2.24, 2.45) is 10.9 Å². The van der Waals surface area contributed by atoms with E-state index >= 15 is 0 Å². The van der Waals surface area contributed by atoms with E-state index in [1.165, 1.54) is 0 Å². The minimum atomic E-state index is -0.659. The largest absolute Gasteiger partial charge is 0.504 e. The second kappa shape index (κ2) is 9.63. The summed E-state index contributed by atoms with van der Waals surface area (Å²) in [5, 5.41) is 23.0. The summed E-state index contributed by atoms with van der Waals surface area (Å²) in [5.41, 5.74) is 2.89. The van der Waals surface area contributed by atoms with Crippen molar-refractivity contribution in [1.29, 1.82) is 0 Å². The number of aromatic hydroxyl groups is 1. The topological polar surface area (TPSA) is 126 Å². The van der Waals surface area contributed by atoms with Gasteiger partial charge in [-0.3, -0.25) is 0 Å². The van der Waals surface area contributed by atoms with E-state index in [1.807, 2.05) is 13.0 Å². The Balaban J connectivity index is 1.48. The van der Waals surface area contributed by atoms with Gasteiger partial charge in [-0.25, -0.2) is 14.8 Å². The number of ether oxygens (including phenoxy) is 2. The number of aliphatic hydroxyl groups is 1. The van der Waals surface area contributed by atoms with E-state index in [2.05, 4.69) is 15.3 Å². The monoisotopic (exact) mass is 475 g/mol. The first-order chi connectivity index (χ1) is 17.0. The molecule has 3 aromatic rings. The molecule has 180 valence electrons. The zero-order valence-electron chi connectivity index (χ0n) is 19.2. The van der Waals surface area contributed by atoms with Gasteiger partial charge in [-0.15, -0.1) is 0 Å². The minimum Gasteiger partial charge on any atom is -0.504 e. The molecular weight excluding hydrogens is 450 g/mol. The number of nitrogens with zero attached hydrogens (tertiary/aromatic N) is 2. The van der Waals surface area contributed by atoms with Crippen molar-refractivity contribution in [3.05, 3.63) is 59.0 Å². The van der Waals surface area contributed by atoms with Crippen LogP contribution < -0.4 is 10.1 Å². The van der Waals surface area contributed by atoms with Crippen molar-refractivity contribution < 1.29 is 28.9 Å². The number of nitrogens with one attached hydrogen (secondary N) is 1. The molecule has 2 aromatic heterocycles. The number of aromatic nitrogens is 1. The van der Waals surface area contributed by atoms with Crippen molar-refractivity contribution in [3.8, 4) is 11.5 Å². The Labute approximate surface area is 201 Å². The lowest BCUT2D eigenvalue weighted by Gasteiger charge is -2.11. The Morgan fingerprint density at radius 2 is 2.17 bits per heavy atom. The zero-order valence-corrected chi connectivity index (χ0v) is 19.2. The lowest BCUT2D eigenvalue weighted by molar-refractivity contribution is 0.0484. The number of fused-ring (bicyclic) bond motifs is 1. The number of allylic oxidation sites excluding steroid dienone is 1. The van der Waals surface area contributed by atoms with Gasteiger partial charge < -0.3 is 29.4 Å². The number of rotatable bonds is 9. The summed E-state index contributed by atoms with van der Waals surface area (Å²) in [5.74, 6) is 0.754. The number of pyridine rings is 1. The molecule has 9 heteroatoms. The van der Waals surface area contributed by atoms with Crippen molar-refractivity contribution in [2.75, 3.05) is 25.1 Å². The van der Waals surface area contributed by atoms with Crippen molar-refractivity contribution in [3.63, 3.8) is 0 Å². The van der Waals surface area contributed by atoms with Crippen LogP contribution in [0.5, 0.6) is 11.5 Å². The fraction of sp³-hybridized carbons (Fsp3) is 0.269. The second-order valence-electron chi connectivity index (χ2n) is 8.47. The maximum atomic E-state index is 12.9. The molecule has 2 aliphatic rings. The van der Waals surface area contributed by atoms with Gasteiger partial charge in [0.2, 0.25) is 5.88 Å². The maximum Gasteiger partial charge on any atom is 0.347 e. The van der Waals surface area contributed by atoms with E-state index in [0.717, 1.165) is 24.0 Å². The highest BCUT2D eigenvalue weighted by Gasteiger charge is 2.30. The smallest absolute Gasteiger partial charge is 0.347 e. The van der Waals surface area contributed by atoms with Crippen LogP contribution in [0.2, 0.25) is 0 Å². The number of hydrogen-bond acceptors (Lipinski definition) is 9. The number of carbonyl (C=O) groups excluding carboxylic acids is 1. The van der Waals surface area contributed by atoms with Gasteiger partial charge in [0.15, 0.2) is 22.9 Å². The molecule has 0 saturated heterocycles. The van der Waals surface area contributed by atoms with Gasteiger partial charge in [-0.2, -0.15) is 0 Å². The number of aliphatic hydroxyl groups excluding tert-OH is 1. The first-order valence-electron chi connectivity index (χ1n) is 11.4. The molecule has 1 saturated carbocycles. The molecule has 0 spiro atoms. The maximum absolute atomic E-state index is 12.9. The first kappa shape index (κ1) is 22.7. The normalized spacial score (nSPS) is 15.3. The summed E-state index contributed by atoms with van der Waals surface area (Å²) in [6.45, 7) is 2.28. The van der Waals surface area contributed by atoms with E-state index in [1.54, 1.807) is 42.8 Å². The Kier molecular flexibility index (Phi) is 6.24. The molecule has 35 heavy (non-hydrogen) atoms. The zero-order chi connectivity index (χ0) is 24.4. The minimum absolute atomic E-state index is 0.0705.